The second-order valence-electron chi connectivity index (χ2n) is 4.72. The van der Waals surface area contributed by atoms with Gasteiger partial charge in [0.15, 0.2) is 0 Å². The number of likely N-dealkylation sites (tertiary alicyclic amines) is 1. The molecule has 1 saturated heterocycles. The Morgan fingerprint density at radius 3 is 2.53 bits per heavy atom. The smallest absolute Gasteiger partial charge is 0.0700 e. The van der Waals surface area contributed by atoms with E-state index in [1.54, 1.807) is 7.11 Å². The molecule has 4 nitrogen and oxygen atoms in total. The lowest BCUT2D eigenvalue weighted by Gasteiger charge is -2.31. The highest BCUT2D eigenvalue weighted by atomic mass is 16.5. The summed E-state index contributed by atoms with van der Waals surface area (Å²) in [6.45, 7) is 6.02. The van der Waals surface area contributed by atoms with E-state index < -0.39 is 0 Å². The first kappa shape index (κ1) is 14.9. The van der Waals surface area contributed by atoms with Crippen molar-refractivity contribution in [2.24, 2.45) is 0 Å². The Kier molecular flexibility index (Phi) is 8.61. The maximum atomic E-state index is 5.44. The number of nitrogens with one attached hydrogen (secondary N) is 1. The molecule has 0 saturated carbocycles. The van der Waals surface area contributed by atoms with E-state index in [1.165, 1.54) is 38.9 Å². The fourth-order valence-corrected chi connectivity index (χ4v) is 2.23. The van der Waals surface area contributed by atoms with Gasteiger partial charge in [-0.25, -0.2) is 0 Å². The fraction of sp³-hybridized carbons (Fsp3) is 1.00. The molecule has 17 heavy (non-hydrogen) atoms. The number of unbranched alkanes of at least 4 members (excludes halogenated alkanes) is 1. The molecule has 1 heterocycles. The van der Waals surface area contributed by atoms with Crippen LogP contribution in [-0.2, 0) is 9.47 Å². The highest BCUT2D eigenvalue weighted by Gasteiger charge is 2.16. The van der Waals surface area contributed by atoms with Gasteiger partial charge in [-0.05, 0) is 52.4 Å². The summed E-state index contributed by atoms with van der Waals surface area (Å²) in [6.07, 6.45) is 4.99. The Hall–Kier alpha value is -0.160. The van der Waals surface area contributed by atoms with Crippen LogP contribution in [0.2, 0.25) is 0 Å². The number of ether oxygens (including phenoxy) is 2. The van der Waals surface area contributed by atoms with Gasteiger partial charge in [-0.2, -0.15) is 0 Å². The molecular formula is C13H28N2O2. The van der Waals surface area contributed by atoms with Gasteiger partial charge in [0.05, 0.1) is 13.2 Å². The van der Waals surface area contributed by atoms with Gasteiger partial charge in [0.2, 0.25) is 0 Å². The molecule has 0 aromatic heterocycles. The van der Waals surface area contributed by atoms with E-state index in [4.69, 9.17) is 9.47 Å². The zero-order valence-electron chi connectivity index (χ0n) is 11.4. The van der Waals surface area contributed by atoms with Crippen LogP contribution in [-0.4, -0.2) is 64.6 Å². The zero-order valence-corrected chi connectivity index (χ0v) is 11.4. The summed E-state index contributed by atoms with van der Waals surface area (Å²) in [6, 6.07) is 0.739. The van der Waals surface area contributed by atoms with E-state index in [0.29, 0.717) is 6.61 Å². The molecule has 1 rings (SSSR count). The Labute approximate surface area is 106 Å². The molecule has 0 amide bonds. The topological polar surface area (TPSA) is 33.7 Å². The van der Waals surface area contributed by atoms with Crippen LogP contribution in [0.25, 0.3) is 0 Å². The predicted molar refractivity (Wildman–Crippen MR) is 70.5 cm³/mol. The molecule has 1 aliphatic rings. The SMILES string of the molecule is CNC1CCN(CCCCOCCOC)CC1. The third kappa shape index (κ3) is 6.99. The van der Waals surface area contributed by atoms with Crippen molar-refractivity contribution in [1.82, 2.24) is 10.2 Å². The second kappa shape index (κ2) is 9.83. The summed E-state index contributed by atoms with van der Waals surface area (Å²) in [5.41, 5.74) is 0. The molecule has 0 aromatic carbocycles. The largest absolute Gasteiger partial charge is 0.382 e. The first-order chi connectivity index (χ1) is 8.36. The van der Waals surface area contributed by atoms with Crippen LogP contribution in [0.4, 0.5) is 0 Å². The van der Waals surface area contributed by atoms with Crippen molar-refractivity contribution >= 4 is 0 Å². The molecule has 0 aliphatic carbocycles. The summed E-state index contributed by atoms with van der Waals surface area (Å²) in [7, 11) is 3.77. The number of hydrogen-bond acceptors (Lipinski definition) is 4. The zero-order chi connectivity index (χ0) is 12.3. The molecular weight excluding hydrogens is 216 g/mol. The lowest BCUT2D eigenvalue weighted by atomic mass is 10.1. The number of nitrogens with zero attached hydrogens (tertiary/aromatic N) is 1. The van der Waals surface area contributed by atoms with Crippen LogP contribution in [0.5, 0.6) is 0 Å². The van der Waals surface area contributed by atoms with Gasteiger partial charge in [-0.1, -0.05) is 0 Å². The van der Waals surface area contributed by atoms with E-state index in [9.17, 15) is 0 Å². The Morgan fingerprint density at radius 1 is 1.12 bits per heavy atom. The van der Waals surface area contributed by atoms with Crippen molar-refractivity contribution in [3.8, 4) is 0 Å². The molecule has 0 aromatic rings. The van der Waals surface area contributed by atoms with Crippen LogP contribution in [0.1, 0.15) is 25.7 Å². The Bertz CT molecular complexity index is 171. The van der Waals surface area contributed by atoms with Crippen molar-refractivity contribution in [3.05, 3.63) is 0 Å². The van der Waals surface area contributed by atoms with Crippen molar-refractivity contribution in [1.29, 1.82) is 0 Å². The average molecular weight is 244 g/mol. The summed E-state index contributed by atoms with van der Waals surface area (Å²) >= 11 is 0. The second-order valence-corrected chi connectivity index (χ2v) is 4.72. The maximum absolute atomic E-state index is 5.44. The molecule has 102 valence electrons. The molecule has 1 fully saturated rings. The molecule has 0 atom stereocenters. The summed E-state index contributed by atoms with van der Waals surface area (Å²) in [5, 5.41) is 3.36. The monoisotopic (exact) mass is 244 g/mol. The van der Waals surface area contributed by atoms with Gasteiger partial charge >= 0.3 is 0 Å². The molecule has 1 N–H and O–H groups in total. The number of hydrogen-bond donors (Lipinski definition) is 1. The fourth-order valence-electron chi connectivity index (χ4n) is 2.23. The molecule has 0 radical (unpaired) electrons. The highest BCUT2D eigenvalue weighted by Crippen LogP contribution is 2.10. The predicted octanol–water partition coefficient (Wildman–Crippen LogP) is 1.11. The first-order valence-corrected chi connectivity index (χ1v) is 6.83. The van der Waals surface area contributed by atoms with Crippen molar-refractivity contribution in [2.45, 2.75) is 31.7 Å². The highest BCUT2D eigenvalue weighted by molar-refractivity contribution is 4.75. The van der Waals surface area contributed by atoms with Gasteiger partial charge in [0.25, 0.3) is 0 Å². The minimum Gasteiger partial charge on any atom is -0.382 e. The third-order valence-electron chi connectivity index (χ3n) is 3.44. The van der Waals surface area contributed by atoms with Gasteiger partial charge < -0.3 is 19.7 Å². The number of methoxy groups -OCH3 is 1. The van der Waals surface area contributed by atoms with Crippen LogP contribution in [0.3, 0.4) is 0 Å². The van der Waals surface area contributed by atoms with Crippen molar-refractivity contribution in [3.63, 3.8) is 0 Å². The van der Waals surface area contributed by atoms with E-state index >= 15 is 0 Å². The van der Waals surface area contributed by atoms with Gasteiger partial charge in [0, 0.05) is 19.8 Å². The molecule has 0 unspecified atom stereocenters. The van der Waals surface area contributed by atoms with Gasteiger partial charge in [-0.3, -0.25) is 0 Å². The van der Waals surface area contributed by atoms with Crippen LogP contribution >= 0.6 is 0 Å². The van der Waals surface area contributed by atoms with E-state index in [0.717, 1.165) is 25.7 Å². The quantitative estimate of drug-likeness (QED) is 0.616. The summed E-state index contributed by atoms with van der Waals surface area (Å²) in [4.78, 5) is 2.57. The minimum absolute atomic E-state index is 0.706. The normalized spacial score (nSPS) is 18.7. The first-order valence-electron chi connectivity index (χ1n) is 6.83. The van der Waals surface area contributed by atoms with Crippen molar-refractivity contribution in [2.75, 3.05) is 53.6 Å². The minimum atomic E-state index is 0.706. The molecule has 1 aliphatic heterocycles. The van der Waals surface area contributed by atoms with Crippen LogP contribution in [0, 0.1) is 0 Å². The third-order valence-corrected chi connectivity index (χ3v) is 3.44. The summed E-state index contributed by atoms with van der Waals surface area (Å²) < 4.78 is 10.4. The Morgan fingerprint density at radius 2 is 1.88 bits per heavy atom. The molecule has 0 bridgehead atoms. The standard InChI is InChI=1S/C13H28N2O2/c1-14-13-5-8-15(9-6-13)7-3-4-10-17-12-11-16-2/h13-14H,3-12H2,1-2H3. The van der Waals surface area contributed by atoms with Crippen LogP contribution < -0.4 is 5.32 Å². The Balaban J connectivity index is 1.87. The lowest BCUT2D eigenvalue weighted by Crippen LogP contribution is -2.41. The lowest BCUT2D eigenvalue weighted by molar-refractivity contribution is 0.0671. The molecule has 4 heteroatoms. The molecule has 0 spiro atoms. The summed E-state index contributed by atoms with van der Waals surface area (Å²) in [5.74, 6) is 0. The van der Waals surface area contributed by atoms with Gasteiger partial charge in [-0.15, -0.1) is 0 Å². The van der Waals surface area contributed by atoms with Crippen LogP contribution in [0.15, 0.2) is 0 Å². The number of rotatable bonds is 9. The number of piperidine rings is 1. The van der Waals surface area contributed by atoms with E-state index in [1.807, 2.05) is 0 Å². The average Bonchev–Trinajstić information content (AvgIpc) is 2.38. The maximum Gasteiger partial charge on any atom is 0.0700 e. The van der Waals surface area contributed by atoms with Gasteiger partial charge in [0.1, 0.15) is 0 Å². The van der Waals surface area contributed by atoms with E-state index in [2.05, 4.69) is 17.3 Å². The van der Waals surface area contributed by atoms with Crippen molar-refractivity contribution < 1.29 is 9.47 Å². The van der Waals surface area contributed by atoms with E-state index in [-0.39, 0.29) is 0 Å².